The minimum atomic E-state index is -0.274. The molecule has 1 aliphatic rings. The van der Waals surface area contributed by atoms with Crippen molar-refractivity contribution < 1.29 is 4.39 Å². The van der Waals surface area contributed by atoms with Gasteiger partial charge in [0, 0.05) is 33.3 Å². The first-order valence-corrected chi connectivity index (χ1v) is 10.6. The van der Waals surface area contributed by atoms with Crippen LogP contribution in [0.25, 0.3) is 10.9 Å². The lowest BCUT2D eigenvalue weighted by Gasteiger charge is -2.31. The molecule has 0 spiro atoms. The summed E-state index contributed by atoms with van der Waals surface area (Å²) >= 11 is 8.10. The SMILES string of the molecule is Cl.Fc1ccc(CCN2CCC(Sc3cccc4cccnc34)CC2)c(Cl)c1. The van der Waals surface area contributed by atoms with Gasteiger partial charge in [-0.15, -0.1) is 24.2 Å². The highest BCUT2D eigenvalue weighted by Crippen LogP contribution is 2.34. The highest BCUT2D eigenvalue weighted by atomic mass is 35.5. The molecule has 4 rings (SSSR count). The van der Waals surface area contributed by atoms with E-state index in [0.717, 1.165) is 37.1 Å². The summed E-state index contributed by atoms with van der Waals surface area (Å²) in [4.78, 5) is 8.33. The molecular weight excluding hydrogens is 414 g/mol. The molecule has 0 atom stereocenters. The molecule has 0 amide bonds. The molecule has 28 heavy (non-hydrogen) atoms. The Kier molecular flexibility index (Phi) is 7.58. The first kappa shape index (κ1) is 21.4. The molecule has 0 N–H and O–H groups in total. The van der Waals surface area contributed by atoms with Gasteiger partial charge < -0.3 is 4.90 Å². The van der Waals surface area contributed by atoms with Gasteiger partial charge >= 0.3 is 0 Å². The number of halogens is 3. The lowest BCUT2D eigenvalue weighted by molar-refractivity contribution is 0.235. The first-order chi connectivity index (χ1) is 13.2. The fourth-order valence-electron chi connectivity index (χ4n) is 3.60. The predicted octanol–water partition coefficient (Wildman–Crippen LogP) is 6.25. The molecule has 1 aromatic heterocycles. The van der Waals surface area contributed by atoms with Crippen LogP contribution >= 0.6 is 35.8 Å². The van der Waals surface area contributed by atoms with Crippen molar-refractivity contribution in [3.05, 3.63) is 71.1 Å². The van der Waals surface area contributed by atoms with Crippen LogP contribution in [0.15, 0.2) is 59.6 Å². The molecule has 0 unspecified atom stereocenters. The van der Waals surface area contributed by atoms with Crippen LogP contribution in [-0.2, 0) is 6.42 Å². The molecule has 0 radical (unpaired) electrons. The average Bonchev–Trinajstić information content (AvgIpc) is 2.69. The molecule has 1 fully saturated rings. The van der Waals surface area contributed by atoms with Crippen LogP contribution in [0, 0.1) is 5.82 Å². The second-order valence-corrected chi connectivity index (χ2v) is 8.73. The predicted molar refractivity (Wildman–Crippen MR) is 119 cm³/mol. The van der Waals surface area contributed by atoms with Gasteiger partial charge in [-0.05, 0) is 62.2 Å². The van der Waals surface area contributed by atoms with Gasteiger partial charge in [-0.3, -0.25) is 4.98 Å². The Labute approximate surface area is 180 Å². The minimum absolute atomic E-state index is 0. The third-order valence-corrected chi connectivity index (χ3v) is 6.88. The zero-order chi connectivity index (χ0) is 18.6. The number of thioether (sulfide) groups is 1. The summed E-state index contributed by atoms with van der Waals surface area (Å²) in [7, 11) is 0. The normalized spacial score (nSPS) is 15.5. The second-order valence-electron chi connectivity index (χ2n) is 6.98. The molecule has 1 saturated heterocycles. The molecule has 2 aromatic carbocycles. The maximum Gasteiger partial charge on any atom is 0.124 e. The molecule has 6 heteroatoms. The Balaban J connectivity index is 0.00000225. The monoisotopic (exact) mass is 436 g/mol. The van der Waals surface area contributed by atoms with E-state index in [1.165, 1.54) is 35.3 Å². The van der Waals surface area contributed by atoms with Gasteiger partial charge in [-0.1, -0.05) is 35.9 Å². The van der Waals surface area contributed by atoms with Gasteiger partial charge in [-0.2, -0.15) is 0 Å². The third kappa shape index (κ3) is 5.18. The lowest BCUT2D eigenvalue weighted by Crippen LogP contribution is -2.36. The molecule has 148 valence electrons. The van der Waals surface area contributed by atoms with E-state index < -0.39 is 0 Å². The number of rotatable bonds is 5. The Morgan fingerprint density at radius 1 is 1.11 bits per heavy atom. The van der Waals surface area contributed by atoms with Crippen LogP contribution in [0.3, 0.4) is 0 Å². The van der Waals surface area contributed by atoms with Crippen LogP contribution in [0.4, 0.5) is 4.39 Å². The summed E-state index contributed by atoms with van der Waals surface area (Å²) in [5.41, 5.74) is 2.13. The molecule has 0 aliphatic carbocycles. The van der Waals surface area contributed by atoms with Gasteiger partial charge in [0.1, 0.15) is 5.82 Å². The van der Waals surface area contributed by atoms with Crippen molar-refractivity contribution in [3.63, 3.8) is 0 Å². The van der Waals surface area contributed by atoms with E-state index in [1.54, 1.807) is 6.07 Å². The zero-order valence-corrected chi connectivity index (χ0v) is 17.9. The number of hydrogen-bond donors (Lipinski definition) is 0. The highest BCUT2D eigenvalue weighted by molar-refractivity contribution is 8.00. The topological polar surface area (TPSA) is 16.1 Å². The van der Waals surface area contributed by atoms with Crippen molar-refractivity contribution in [2.75, 3.05) is 19.6 Å². The number of pyridine rings is 1. The number of fused-ring (bicyclic) bond motifs is 1. The van der Waals surface area contributed by atoms with Crippen LogP contribution in [0.2, 0.25) is 5.02 Å². The van der Waals surface area contributed by atoms with Gasteiger partial charge in [0.25, 0.3) is 0 Å². The summed E-state index contributed by atoms with van der Waals surface area (Å²) in [6, 6.07) is 15.2. The van der Waals surface area contributed by atoms with E-state index in [2.05, 4.69) is 34.1 Å². The van der Waals surface area contributed by atoms with Crippen LogP contribution in [0.5, 0.6) is 0 Å². The van der Waals surface area contributed by atoms with Crippen molar-refractivity contribution in [1.29, 1.82) is 0 Å². The second kappa shape index (κ2) is 9.93. The van der Waals surface area contributed by atoms with Crippen LogP contribution < -0.4 is 0 Å². The number of likely N-dealkylation sites (tertiary alicyclic amines) is 1. The van der Waals surface area contributed by atoms with E-state index in [-0.39, 0.29) is 18.2 Å². The van der Waals surface area contributed by atoms with Crippen molar-refractivity contribution in [2.45, 2.75) is 29.4 Å². The maximum atomic E-state index is 13.2. The third-order valence-electron chi connectivity index (χ3n) is 5.14. The fourth-order valence-corrected chi connectivity index (χ4v) is 5.11. The van der Waals surface area contributed by atoms with Crippen LogP contribution in [-0.4, -0.2) is 34.8 Å². The van der Waals surface area contributed by atoms with Gasteiger partial charge in [-0.25, -0.2) is 4.39 Å². The number of hydrogen-bond acceptors (Lipinski definition) is 3. The van der Waals surface area contributed by atoms with E-state index in [1.807, 2.05) is 24.0 Å². The highest BCUT2D eigenvalue weighted by Gasteiger charge is 2.21. The van der Waals surface area contributed by atoms with E-state index in [0.29, 0.717) is 10.3 Å². The lowest BCUT2D eigenvalue weighted by atomic mass is 10.1. The average molecular weight is 437 g/mol. The maximum absolute atomic E-state index is 13.2. The molecular formula is C22H23Cl2FN2S. The minimum Gasteiger partial charge on any atom is -0.303 e. The Bertz CT molecular complexity index is 924. The Morgan fingerprint density at radius 2 is 1.89 bits per heavy atom. The summed E-state index contributed by atoms with van der Waals surface area (Å²) in [6.07, 6.45) is 5.08. The fraction of sp³-hybridized carbons (Fsp3) is 0.318. The summed E-state index contributed by atoms with van der Waals surface area (Å²) in [5.74, 6) is -0.274. The standard InChI is InChI=1S/C22H22ClFN2S.ClH/c23-20-15-18(24)7-6-16(20)8-12-26-13-9-19(10-14-26)27-21-5-1-3-17-4-2-11-25-22(17)21;/h1-7,11,15,19H,8-10,12-14H2;1H. The summed E-state index contributed by atoms with van der Waals surface area (Å²) < 4.78 is 13.2. The van der Waals surface area contributed by atoms with E-state index in [4.69, 9.17) is 11.6 Å². The number of piperidine rings is 1. The van der Waals surface area contributed by atoms with Gasteiger partial charge in [0.15, 0.2) is 0 Å². The molecule has 1 aliphatic heterocycles. The van der Waals surface area contributed by atoms with Crippen molar-refractivity contribution in [3.8, 4) is 0 Å². The number of para-hydroxylation sites is 1. The number of aromatic nitrogens is 1. The van der Waals surface area contributed by atoms with Crippen molar-refractivity contribution in [2.24, 2.45) is 0 Å². The van der Waals surface area contributed by atoms with Gasteiger partial charge in [0.05, 0.1) is 5.52 Å². The summed E-state index contributed by atoms with van der Waals surface area (Å²) in [5, 5.41) is 2.36. The first-order valence-electron chi connectivity index (χ1n) is 9.36. The molecule has 3 aromatic rings. The largest absolute Gasteiger partial charge is 0.303 e. The Hall–Kier alpha value is -1.33. The number of nitrogens with zero attached hydrogens (tertiary/aromatic N) is 2. The molecule has 0 saturated carbocycles. The molecule has 2 heterocycles. The van der Waals surface area contributed by atoms with E-state index in [9.17, 15) is 4.39 Å². The van der Waals surface area contributed by atoms with Crippen LogP contribution in [0.1, 0.15) is 18.4 Å². The molecule has 2 nitrogen and oxygen atoms in total. The quantitative estimate of drug-likeness (QED) is 0.470. The zero-order valence-electron chi connectivity index (χ0n) is 15.5. The van der Waals surface area contributed by atoms with Crippen molar-refractivity contribution in [1.82, 2.24) is 9.88 Å². The van der Waals surface area contributed by atoms with Crippen molar-refractivity contribution >= 4 is 46.7 Å². The Morgan fingerprint density at radius 3 is 2.68 bits per heavy atom. The molecule has 0 bridgehead atoms. The smallest absolute Gasteiger partial charge is 0.124 e. The number of benzene rings is 2. The summed E-state index contributed by atoms with van der Waals surface area (Å²) in [6.45, 7) is 3.15. The van der Waals surface area contributed by atoms with Gasteiger partial charge in [0.2, 0.25) is 0 Å². The van der Waals surface area contributed by atoms with E-state index >= 15 is 0 Å².